The van der Waals surface area contributed by atoms with Crippen molar-refractivity contribution in [1.82, 2.24) is 9.55 Å². The normalized spacial score (nSPS) is 10.4. The summed E-state index contributed by atoms with van der Waals surface area (Å²) in [6, 6.07) is 22.2. The lowest BCUT2D eigenvalue weighted by atomic mass is 10.2. The molecule has 0 saturated carbocycles. The summed E-state index contributed by atoms with van der Waals surface area (Å²) < 4.78 is 7.11. The summed E-state index contributed by atoms with van der Waals surface area (Å²) >= 11 is 0. The molecule has 8 nitrogen and oxygen atoms in total. The zero-order valence-corrected chi connectivity index (χ0v) is 17.5. The highest BCUT2D eigenvalue weighted by atomic mass is 16.5. The van der Waals surface area contributed by atoms with E-state index in [-0.39, 0.29) is 17.0 Å². The van der Waals surface area contributed by atoms with Gasteiger partial charge in [0.1, 0.15) is 11.3 Å². The first kappa shape index (κ1) is 21.5. The van der Waals surface area contributed by atoms with E-state index in [9.17, 15) is 14.4 Å². The maximum atomic E-state index is 12.8. The highest BCUT2D eigenvalue weighted by Gasteiger charge is 2.13. The van der Waals surface area contributed by atoms with Gasteiger partial charge in [-0.1, -0.05) is 36.4 Å². The molecule has 0 spiro atoms. The quantitative estimate of drug-likeness (QED) is 0.457. The van der Waals surface area contributed by atoms with Crippen LogP contribution >= 0.6 is 0 Å². The average molecular weight is 440 g/mol. The Morgan fingerprint density at radius 3 is 2.52 bits per heavy atom. The largest absolute Gasteiger partial charge is 0.439 e. The fourth-order valence-electron chi connectivity index (χ4n) is 3.16. The van der Waals surface area contributed by atoms with Crippen molar-refractivity contribution in [2.24, 2.45) is 5.73 Å². The van der Waals surface area contributed by atoms with E-state index in [2.05, 4.69) is 10.3 Å². The molecule has 33 heavy (non-hydrogen) atoms. The number of rotatable bonds is 7. The minimum absolute atomic E-state index is 0.0250. The molecule has 0 saturated heterocycles. The lowest BCUT2D eigenvalue weighted by molar-refractivity contribution is 0.0997. The standard InChI is InChI=1S/C25H20N4O4/c26-23(30)18-8-4-9-20(14-18)33-22-12-11-19(15-27-22)28-24(31)21-10-5-13-29(25(21)32)16-17-6-2-1-3-7-17/h1-15H,16H2,(H2,26,30)(H,28,31). The Morgan fingerprint density at radius 2 is 1.79 bits per heavy atom. The van der Waals surface area contributed by atoms with Crippen LogP contribution in [0.3, 0.4) is 0 Å². The topological polar surface area (TPSA) is 116 Å². The van der Waals surface area contributed by atoms with Crippen molar-refractivity contribution < 1.29 is 14.3 Å². The van der Waals surface area contributed by atoms with Gasteiger partial charge in [0.2, 0.25) is 11.8 Å². The smallest absolute Gasteiger partial charge is 0.263 e. The number of carbonyl (C=O) groups excluding carboxylic acids is 2. The highest BCUT2D eigenvalue weighted by Crippen LogP contribution is 2.21. The molecule has 0 fully saturated rings. The van der Waals surface area contributed by atoms with Gasteiger partial charge in [0.15, 0.2) is 0 Å². The molecule has 2 aromatic heterocycles. The van der Waals surface area contributed by atoms with Crippen molar-refractivity contribution in [2.45, 2.75) is 6.54 Å². The fraction of sp³-hybridized carbons (Fsp3) is 0.0400. The van der Waals surface area contributed by atoms with Gasteiger partial charge in [-0.2, -0.15) is 0 Å². The summed E-state index contributed by atoms with van der Waals surface area (Å²) in [5, 5.41) is 2.67. The summed E-state index contributed by atoms with van der Waals surface area (Å²) in [5.74, 6) is -0.430. The number of carbonyl (C=O) groups is 2. The van der Waals surface area contributed by atoms with Crippen LogP contribution in [0.25, 0.3) is 0 Å². The number of hydrogen-bond acceptors (Lipinski definition) is 5. The predicted octanol–water partition coefficient (Wildman–Crippen LogP) is 3.44. The van der Waals surface area contributed by atoms with Crippen molar-refractivity contribution in [3.8, 4) is 11.6 Å². The lowest BCUT2D eigenvalue weighted by Gasteiger charge is -2.10. The van der Waals surface area contributed by atoms with Crippen LogP contribution in [-0.2, 0) is 6.54 Å². The van der Waals surface area contributed by atoms with E-state index in [1.165, 1.54) is 22.9 Å². The van der Waals surface area contributed by atoms with Gasteiger partial charge in [-0.15, -0.1) is 0 Å². The van der Waals surface area contributed by atoms with E-state index in [4.69, 9.17) is 10.5 Å². The molecular formula is C25H20N4O4. The van der Waals surface area contributed by atoms with Crippen LogP contribution in [0.4, 0.5) is 5.69 Å². The number of pyridine rings is 2. The number of benzene rings is 2. The third kappa shape index (κ3) is 5.31. The van der Waals surface area contributed by atoms with Crippen LogP contribution in [0.15, 0.2) is 96.1 Å². The third-order valence-electron chi connectivity index (χ3n) is 4.80. The van der Waals surface area contributed by atoms with E-state index >= 15 is 0 Å². The molecule has 4 aromatic rings. The molecule has 0 aliphatic rings. The first-order valence-electron chi connectivity index (χ1n) is 10.1. The van der Waals surface area contributed by atoms with E-state index in [0.29, 0.717) is 23.5 Å². The van der Waals surface area contributed by atoms with Crippen molar-refractivity contribution >= 4 is 17.5 Å². The Morgan fingerprint density at radius 1 is 0.970 bits per heavy atom. The Kier molecular flexibility index (Phi) is 6.26. The van der Waals surface area contributed by atoms with Gasteiger partial charge in [0.25, 0.3) is 11.5 Å². The van der Waals surface area contributed by atoms with Crippen molar-refractivity contribution in [3.63, 3.8) is 0 Å². The molecule has 2 aromatic carbocycles. The van der Waals surface area contributed by atoms with Crippen molar-refractivity contribution in [3.05, 3.63) is 118 Å². The lowest BCUT2D eigenvalue weighted by Crippen LogP contribution is -2.29. The average Bonchev–Trinajstić information content (AvgIpc) is 2.82. The van der Waals surface area contributed by atoms with Gasteiger partial charge in [0.05, 0.1) is 18.4 Å². The van der Waals surface area contributed by atoms with E-state index in [0.717, 1.165) is 5.56 Å². The molecule has 2 amide bonds. The summed E-state index contributed by atoms with van der Waals surface area (Å²) in [6.45, 7) is 0.366. The van der Waals surface area contributed by atoms with Gasteiger partial charge in [-0.05, 0) is 42.0 Å². The van der Waals surface area contributed by atoms with E-state index in [1.807, 2.05) is 30.3 Å². The maximum Gasteiger partial charge on any atom is 0.263 e. The van der Waals surface area contributed by atoms with Crippen LogP contribution in [-0.4, -0.2) is 21.4 Å². The second-order valence-corrected chi connectivity index (χ2v) is 7.17. The first-order chi connectivity index (χ1) is 16.0. The zero-order valence-electron chi connectivity index (χ0n) is 17.5. The monoisotopic (exact) mass is 440 g/mol. The first-order valence-corrected chi connectivity index (χ1v) is 10.1. The van der Waals surface area contributed by atoms with Crippen LogP contribution in [0.1, 0.15) is 26.3 Å². The number of nitrogens with one attached hydrogen (secondary N) is 1. The zero-order chi connectivity index (χ0) is 23.2. The predicted molar refractivity (Wildman–Crippen MR) is 123 cm³/mol. The summed E-state index contributed by atoms with van der Waals surface area (Å²) in [4.78, 5) is 40.9. The SMILES string of the molecule is NC(=O)c1cccc(Oc2ccc(NC(=O)c3cccn(Cc4ccccc4)c3=O)cn2)c1. The fourth-order valence-corrected chi connectivity index (χ4v) is 3.16. The van der Waals surface area contributed by atoms with Gasteiger partial charge in [0, 0.05) is 17.8 Å². The third-order valence-corrected chi connectivity index (χ3v) is 4.80. The molecule has 8 heteroatoms. The molecule has 3 N–H and O–H groups in total. The number of nitrogens with zero attached hydrogens (tertiary/aromatic N) is 2. The molecule has 2 heterocycles. The van der Waals surface area contributed by atoms with Gasteiger partial charge < -0.3 is 20.4 Å². The van der Waals surface area contributed by atoms with Crippen LogP contribution in [0, 0.1) is 0 Å². The molecular weight excluding hydrogens is 420 g/mol. The Balaban J connectivity index is 1.45. The molecule has 0 aliphatic carbocycles. The molecule has 4 rings (SSSR count). The Bertz CT molecular complexity index is 1350. The summed E-state index contributed by atoms with van der Waals surface area (Å²) in [7, 11) is 0. The van der Waals surface area contributed by atoms with Crippen LogP contribution in [0.5, 0.6) is 11.6 Å². The summed E-state index contributed by atoms with van der Waals surface area (Å²) in [5.41, 5.74) is 6.58. The number of amides is 2. The number of aromatic nitrogens is 2. The Labute approximate surface area is 189 Å². The molecule has 0 radical (unpaired) electrons. The van der Waals surface area contributed by atoms with E-state index < -0.39 is 11.8 Å². The molecule has 0 atom stereocenters. The second-order valence-electron chi connectivity index (χ2n) is 7.17. The van der Waals surface area contributed by atoms with Crippen molar-refractivity contribution in [2.75, 3.05) is 5.32 Å². The second kappa shape index (κ2) is 9.61. The molecule has 164 valence electrons. The van der Waals surface area contributed by atoms with Gasteiger partial charge in [-0.3, -0.25) is 14.4 Å². The van der Waals surface area contributed by atoms with Crippen LogP contribution in [0.2, 0.25) is 0 Å². The number of primary amides is 1. The Hall–Kier alpha value is -4.72. The molecule has 0 bridgehead atoms. The number of nitrogens with two attached hydrogens (primary N) is 1. The summed E-state index contributed by atoms with van der Waals surface area (Å²) in [6.07, 6.45) is 3.06. The maximum absolute atomic E-state index is 12.8. The van der Waals surface area contributed by atoms with E-state index in [1.54, 1.807) is 42.6 Å². The minimum Gasteiger partial charge on any atom is -0.439 e. The minimum atomic E-state index is -0.560. The molecule has 0 unspecified atom stereocenters. The number of hydrogen-bond donors (Lipinski definition) is 2. The van der Waals surface area contributed by atoms with Crippen molar-refractivity contribution in [1.29, 1.82) is 0 Å². The van der Waals surface area contributed by atoms with Gasteiger partial charge >= 0.3 is 0 Å². The van der Waals surface area contributed by atoms with Gasteiger partial charge in [-0.25, -0.2) is 4.98 Å². The highest BCUT2D eigenvalue weighted by molar-refractivity contribution is 6.03. The number of anilines is 1. The molecule has 0 aliphatic heterocycles. The number of ether oxygens (including phenoxy) is 1. The van der Waals surface area contributed by atoms with Crippen LogP contribution < -0.4 is 21.3 Å².